The molecular formula is C12H18N2O3. The Morgan fingerprint density at radius 3 is 2.41 bits per heavy atom. The van der Waals surface area contributed by atoms with Gasteiger partial charge in [0.15, 0.2) is 0 Å². The van der Waals surface area contributed by atoms with E-state index in [1.807, 2.05) is 0 Å². The van der Waals surface area contributed by atoms with Gasteiger partial charge in [0.05, 0.1) is 4.92 Å². The second-order valence-electron chi connectivity index (χ2n) is 3.99. The number of nitro groups is 1. The highest BCUT2D eigenvalue weighted by Gasteiger charge is 2.12. The molecule has 0 saturated carbocycles. The van der Waals surface area contributed by atoms with Crippen molar-refractivity contribution < 1.29 is 10.0 Å². The molecule has 0 heterocycles. The van der Waals surface area contributed by atoms with Crippen molar-refractivity contribution in [2.45, 2.75) is 25.2 Å². The van der Waals surface area contributed by atoms with E-state index in [-0.39, 0.29) is 18.2 Å². The van der Waals surface area contributed by atoms with Crippen LogP contribution >= 0.6 is 0 Å². The molecule has 0 bridgehead atoms. The molecule has 0 amide bonds. The van der Waals surface area contributed by atoms with E-state index in [2.05, 4.69) is 0 Å². The summed E-state index contributed by atoms with van der Waals surface area (Å²) in [4.78, 5) is 10.1. The number of rotatable bonds is 7. The monoisotopic (exact) mass is 238 g/mol. The molecule has 1 aromatic carbocycles. The molecule has 1 unspecified atom stereocenters. The fraction of sp³-hybridized carbons (Fsp3) is 0.500. The van der Waals surface area contributed by atoms with Crippen molar-refractivity contribution in [2.24, 2.45) is 5.73 Å². The maximum absolute atomic E-state index is 10.5. The first-order chi connectivity index (χ1) is 8.19. The standard InChI is InChI=1S/C12H18N2O3/c13-8-7-10(2-1-9-15)11-3-5-12(6-4-11)14(16)17/h3-6,10,15H,1-2,7-9,13H2. The van der Waals surface area contributed by atoms with Gasteiger partial charge < -0.3 is 10.8 Å². The smallest absolute Gasteiger partial charge is 0.269 e. The Kier molecular flexibility index (Phi) is 5.59. The van der Waals surface area contributed by atoms with E-state index < -0.39 is 4.92 Å². The number of nitrogens with zero attached hydrogens (tertiary/aromatic N) is 1. The third-order valence-electron chi connectivity index (χ3n) is 2.80. The molecule has 1 rings (SSSR count). The molecule has 0 fully saturated rings. The van der Waals surface area contributed by atoms with E-state index in [1.165, 1.54) is 12.1 Å². The number of benzene rings is 1. The first-order valence-electron chi connectivity index (χ1n) is 5.74. The van der Waals surface area contributed by atoms with Crippen molar-refractivity contribution in [1.29, 1.82) is 0 Å². The lowest BCUT2D eigenvalue weighted by atomic mass is 9.91. The summed E-state index contributed by atoms with van der Waals surface area (Å²) < 4.78 is 0. The first kappa shape index (κ1) is 13.6. The highest BCUT2D eigenvalue weighted by molar-refractivity contribution is 5.34. The Morgan fingerprint density at radius 1 is 1.29 bits per heavy atom. The number of nitro benzene ring substituents is 1. The molecule has 0 spiro atoms. The summed E-state index contributed by atoms with van der Waals surface area (Å²) in [5.41, 5.74) is 6.70. The van der Waals surface area contributed by atoms with Crippen LogP contribution < -0.4 is 5.73 Å². The molecule has 1 atom stereocenters. The molecule has 5 nitrogen and oxygen atoms in total. The van der Waals surface area contributed by atoms with Crippen molar-refractivity contribution in [3.8, 4) is 0 Å². The Balaban J connectivity index is 2.75. The fourth-order valence-electron chi connectivity index (χ4n) is 1.88. The minimum atomic E-state index is -0.407. The highest BCUT2D eigenvalue weighted by atomic mass is 16.6. The van der Waals surface area contributed by atoms with E-state index in [1.54, 1.807) is 12.1 Å². The van der Waals surface area contributed by atoms with Gasteiger partial charge in [-0.3, -0.25) is 10.1 Å². The average Bonchev–Trinajstić information content (AvgIpc) is 2.34. The van der Waals surface area contributed by atoms with Crippen LogP contribution in [-0.2, 0) is 0 Å². The fourth-order valence-corrected chi connectivity index (χ4v) is 1.88. The van der Waals surface area contributed by atoms with Crippen LogP contribution in [0.25, 0.3) is 0 Å². The minimum absolute atomic E-state index is 0.0995. The lowest BCUT2D eigenvalue weighted by Crippen LogP contribution is -2.08. The van der Waals surface area contributed by atoms with Crippen LogP contribution in [0.4, 0.5) is 5.69 Å². The van der Waals surface area contributed by atoms with Crippen LogP contribution in [0.5, 0.6) is 0 Å². The minimum Gasteiger partial charge on any atom is -0.396 e. The predicted molar refractivity (Wildman–Crippen MR) is 65.8 cm³/mol. The number of hydrogen-bond donors (Lipinski definition) is 2. The number of non-ortho nitro benzene ring substituents is 1. The first-order valence-corrected chi connectivity index (χ1v) is 5.74. The van der Waals surface area contributed by atoms with Crippen LogP contribution in [0.2, 0.25) is 0 Å². The van der Waals surface area contributed by atoms with Crippen LogP contribution in [0.3, 0.4) is 0 Å². The van der Waals surface area contributed by atoms with E-state index in [9.17, 15) is 10.1 Å². The molecule has 0 aromatic heterocycles. The molecule has 0 aliphatic heterocycles. The largest absolute Gasteiger partial charge is 0.396 e. The zero-order chi connectivity index (χ0) is 12.7. The molecule has 17 heavy (non-hydrogen) atoms. The number of aliphatic hydroxyl groups excluding tert-OH is 1. The molecule has 0 saturated heterocycles. The summed E-state index contributed by atoms with van der Waals surface area (Å²) in [5.74, 6) is 0.271. The summed E-state index contributed by atoms with van der Waals surface area (Å²) in [6.45, 7) is 0.737. The summed E-state index contributed by atoms with van der Waals surface area (Å²) in [5, 5.41) is 19.4. The van der Waals surface area contributed by atoms with Crippen LogP contribution in [-0.4, -0.2) is 23.2 Å². The predicted octanol–water partition coefficient (Wildman–Crippen LogP) is 1.80. The number of hydrogen-bond acceptors (Lipinski definition) is 4. The van der Waals surface area contributed by atoms with Crippen molar-refractivity contribution in [3.05, 3.63) is 39.9 Å². The topological polar surface area (TPSA) is 89.4 Å². The molecular weight excluding hydrogens is 220 g/mol. The van der Waals surface area contributed by atoms with Crippen molar-refractivity contribution in [1.82, 2.24) is 0 Å². The molecule has 0 aliphatic rings. The Morgan fingerprint density at radius 2 is 1.94 bits per heavy atom. The van der Waals surface area contributed by atoms with Crippen molar-refractivity contribution in [3.63, 3.8) is 0 Å². The lowest BCUT2D eigenvalue weighted by molar-refractivity contribution is -0.384. The maximum Gasteiger partial charge on any atom is 0.269 e. The third kappa shape index (κ3) is 4.13. The molecule has 0 aliphatic carbocycles. The number of nitrogens with two attached hydrogens (primary N) is 1. The molecule has 5 heteroatoms. The second kappa shape index (κ2) is 6.98. The van der Waals surface area contributed by atoms with E-state index in [0.29, 0.717) is 6.54 Å². The van der Waals surface area contributed by atoms with Gasteiger partial charge in [0.25, 0.3) is 5.69 Å². The van der Waals surface area contributed by atoms with Gasteiger partial charge in [0.1, 0.15) is 0 Å². The normalized spacial score (nSPS) is 12.4. The van der Waals surface area contributed by atoms with Gasteiger partial charge in [-0.1, -0.05) is 12.1 Å². The number of aliphatic hydroxyl groups is 1. The Bertz CT molecular complexity index is 351. The zero-order valence-corrected chi connectivity index (χ0v) is 9.71. The summed E-state index contributed by atoms with van der Waals surface area (Å²) in [7, 11) is 0. The lowest BCUT2D eigenvalue weighted by Gasteiger charge is -2.15. The molecule has 94 valence electrons. The Labute approximate surface area is 100 Å². The van der Waals surface area contributed by atoms with Crippen molar-refractivity contribution >= 4 is 5.69 Å². The molecule has 1 aromatic rings. The Hall–Kier alpha value is -1.46. The summed E-state index contributed by atoms with van der Waals surface area (Å²) in [6, 6.07) is 6.57. The van der Waals surface area contributed by atoms with Gasteiger partial charge in [-0.2, -0.15) is 0 Å². The van der Waals surface area contributed by atoms with Gasteiger partial charge in [-0.25, -0.2) is 0 Å². The zero-order valence-electron chi connectivity index (χ0n) is 9.71. The maximum atomic E-state index is 10.5. The SMILES string of the molecule is NCCC(CCCO)c1ccc([N+](=O)[O-])cc1. The van der Waals surface area contributed by atoms with Gasteiger partial charge in [0, 0.05) is 18.7 Å². The van der Waals surface area contributed by atoms with Gasteiger partial charge in [0.2, 0.25) is 0 Å². The van der Waals surface area contributed by atoms with Gasteiger partial charge >= 0.3 is 0 Å². The molecule has 3 N–H and O–H groups in total. The molecule has 0 radical (unpaired) electrons. The second-order valence-corrected chi connectivity index (χ2v) is 3.99. The van der Waals surface area contributed by atoms with E-state index in [0.717, 1.165) is 24.8 Å². The van der Waals surface area contributed by atoms with Gasteiger partial charge in [-0.05, 0) is 37.3 Å². The highest BCUT2D eigenvalue weighted by Crippen LogP contribution is 2.26. The van der Waals surface area contributed by atoms with E-state index >= 15 is 0 Å². The van der Waals surface area contributed by atoms with Crippen LogP contribution in [0.15, 0.2) is 24.3 Å². The van der Waals surface area contributed by atoms with Gasteiger partial charge in [-0.15, -0.1) is 0 Å². The van der Waals surface area contributed by atoms with Crippen molar-refractivity contribution in [2.75, 3.05) is 13.2 Å². The van der Waals surface area contributed by atoms with Crippen LogP contribution in [0.1, 0.15) is 30.7 Å². The van der Waals surface area contributed by atoms with E-state index in [4.69, 9.17) is 10.8 Å². The third-order valence-corrected chi connectivity index (χ3v) is 2.80. The average molecular weight is 238 g/mol. The summed E-state index contributed by atoms with van der Waals surface area (Å²) >= 11 is 0. The summed E-state index contributed by atoms with van der Waals surface area (Å²) in [6.07, 6.45) is 2.41. The van der Waals surface area contributed by atoms with Crippen LogP contribution in [0, 0.1) is 10.1 Å². The quantitative estimate of drug-likeness (QED) is 0.560.